The van der Waals surface area contributed by atoms with Gasteiger partial charge in [-0.05, 0) is 46.0 Å². The molecule has 1 spiro atoms. The minimum Gasteiger partial charge on any atom is -0.491 e. The van der Waals surface area contributed by atoms with E-state index in [1.165, 1.54) is 0 Å². The van der Waals surface area contributed by atoms with Gasteiger partial charge in [-0.25, -0.2) is 0 Å². The van der Waals surface area contributed by atoms with Crippen molar-refractivity contribution in [3.63, 3.8) is 0 Å². The number of amides is 2. The lowest BCUT2D eigenvalue weighted by Gasteiger charge is -2.46. The number of nitrogens with zero attached hydrogens (tertiary/aromatic N) is 1. The van der Waals surface area contributed by atoms with Crippen LogP contribution in [-0.4, -0.2) is 58.7 Å². The van der Waals surface area contributed by atoms with E-state index in [4.69, 9.17) is 9.47 Å². The molecular formula is C43H39N3O7. The van der Waals surface area contributed by atoms with Crippen LogP contribution >= 0.6 is 0 Å². The lowest BCUT2D eigenvalue weighted by Crippen LogP contribution is -2.55. The second-order valence-electron chi connectivity index (χ2n) is 13.6. The number of carbonyl (C=O) groups excluding carboxylic acids is 3. The Hall–Kier alpha value is -5.81. The molecular weight excluding hydrogens is 670 g/mol. The molecule has 0 aliphatic carbocycles. The molecule has 2 amide bonds. The minimum atomic E-state index is -1.62. The lowest BCUT2D eigenvalue weighted by molar-refractivity contribution is -0.178. The molecule has 10 nitrogen and oxygen atoms in total. The fourth-order valence-corrected chi connectivity index (χ4v) is 8.56. The third-order valence-electron chi connectivity index (χ3n) is 10.7. The van der Waals surface area contributed by atoms with E-state index in [1.54, 1.807) is 42.5 Å². The van der Waals surface area contributed by atoms with E-state index in [0.29, 0.717) is 28.1 Å². The van der Waals surface area contributed by atoms with Crippen LogP contribution in [0.4, 0.5) is 5.69 Å². The average Bonchev–Trinajstić information content (AvgIpc) is 3.69. The molecule has 8 rings (SSSR count). The van der Waals surface area contributed by atoms with Crippen molar-refractivity contribution in [2.75, 3.05) is 25.1 Å². The fourth-order valence-electron chi connectivity index (χ4n) is 8.56. The first-order chi connectivity index (χ1) is 25.9. The summed E-state index contributed by atoms with van der Waals surface area (Å²) in [6.45, 7) is -0.192. The predicted molar refractivity (Wildman–Crippen MR) is 196 cm³/mol. The second-order valence-corrected chi connectivity index (χ2v) is 13.6. The molecule has 268 valence electrons. The number of cyclic esters (lactones) is 1. The molecule has 2 fully saturated rings. The van der Waals surface area contributed by atoms with Gasteiger partial charge in [0.15, 0.2) is 0 Å². The van der Waals surface area contributed by atoms with Crippen LogP contribution in [0.5, 0.6) is 5.75 Å². The minimum absolute atomic E-state index is 0.106. The number of morpholine rings is 1. The maximum absolute atomic E-state index is 15.0. The van der Waals surface area contributed by atoms with E-state index in [2.05, 4.69) is 10.6 Å². The van der Waals surface area contributed by atoms with Crippen molar-refractivity contribution in [2.45, 2.75) is 35.7 Å². The fraction of sp³-hybridized carbons (Fsp3) is 0.233. The zero-order valence-corrected chi connectivity index (χ0v) is 28.7. The largest absolute Gasteiger partial charge is 0.491 e. The highest BCUT2D eigenvalue weighted by atomic mass is 16.6. The third-order valence-corrected chi connectivity index (χ3v) is 10.7. The van der Waals surface area contributed by atoms with Crippen LogP contribution in [-0.2, 0) is 24.5 Å². The number of aliphatic hydroxyl groups excluding tert-OH is 2. The van der Waals surface area contributed by atoms with Gasteiger partial charge >= 0.3 is 5.97 Å². The molecule has 7 atom stereocenters. The zero-order chi connectivity index (χ0) is 36.5. The summed E-state index contributed by atoms with van der Waals surface area (Å²) in [7, 11) is 0. The van der Waals surface area contributed by atoms with Gasteiger partial charge in [0.25, 0.3) is 0 Å². The van der Waals surface area contributed by atoms with Crippen molar-refractivity contribution in [1.82, 2.24) is 10.2 Å². The maximum Gasteiger partial charge on any atom is 0.324 e. The average molecular weight is 710 g/mol. The molecule has 53 heavy (non-hydrogen) atoms. The molecule has 5 aromatic rings. The first-order valence-corrected chi connectivity index (χ1v) is 17.8. The summed E-state index contributed by atoms with van der Waals surface area (Å²) in [6.07, 6.45) is -1.81. The van der Waals surface area contributed by atoms with E-state index in [-0.39, 0.29) is 19.8 Å². The summed E-state index contributed by atoms with van der Waals surface area (Å²) in [5.74, 6) is -2.36. The molecule has 7 unspecified atom stereocenters. The van der Waals surface area contributed by atoms with Gasteiger partial charge in [-0.2, -0.15) is 0 Å². The van der Waals surface area contributed by atoms with Crippen molar-refractivity contribution in [2.24, 2.45) is 5.92 Å². The van der Waals surface area contributed by atoms with Crippen molar-refractivity contribution in [3.05, 3.63) is 167 Å². The van der Waals surface area contributed by atoms with Gasteiger partial charge in [0, 0.05) is 12.2 Å². The molecule has 3 aliphatic rings. The Morgan fingerprint density at radius 3 is 2.09 bits per heavy atom. The third kappa shape index (κ3) is 5.85. The van der Waals surface area contributed by atoms with Crippen molar-refractivity contribution >= 4 is 23.5 Å². The number of hydrogen-bond acceptors (Lipinski definition) is 8. The van der Waals surface area contributed by atoms with Crippen LogP contribution in [0.1, 0.15) is 52.1 Å². The Balaban J connectivity index is 1.35. The van der Waals surface area contributed by atoms with Crippen LogP contribution in [0, 0.1) is 5.92 Å². The van der Waals surface area contributed by atoms with E-state index in [9.17, 15) is 24.6 Å². The van der Waals surface area contributed by atoms with Crippen LogP contribution in [0.25, 0.3) is 0 Å². The SMILES string of the molecule is O=C1OC(c2ccccc2)C(c2ccccc2)N2C1C(C(=O)NCC(O)c1ccccc1)C1(C(=O)Nc3ccccc31)C2c1ccc(OCCO)cc1. The summed E-state index contributed by atoms with van der Waals surface area (Å²) in [5.41, 5.74) is 2.43. The molecule has 4 N–H and O–H groups in total. The molecule has 10 heteroatoms. The lowest BCUT2D eigenvalue weighted by atomic mass is 9.65. The second kappa shape index (κ2) is 14.3. The number of benzene rings is 5. The van der Waals surface area contributed by atoms with Gasteiger partial charge in [-0.1, -0.05) is 121 Å². The normalized spacial score (nSPS) is 25.2. The van der Waals surface area contributed by atoms with Crippen LogP contribution < -0.4 is 15.4 Å². The highest BCUT2D eigenvalue weighted by molar-refractivity contribution is 6.12. The number of fused-ring (bicyclic) bond motifs is 3. The molecule has 0 saturated carbocycles. The standard InChI is InChI=1S/C43H39N3O7/c47-24-25-52-31-22-20-30(21-23-31)39-43(32-18-10-11-19-33(32)45-42(43)51)35(40(49)44-26-34(48)27-12-4-1-5-13-27)37-41(50)53-38(29-16-8-3-9-17-29)36(46(37)39)28-14-6-2-7-15-28/h1-23,34-39,47-48H,24-26H2,(H,44,49)(H,45,51). The molecule has 0 radical (unpaired) electrons. The summed E-state index contributed by atoms with van der Waals surface area (Å²) >= 11 is 0. The van der Waals surface area contributed by atoms with Gasteiger partial charge in [0.05, 0.1) is 30.7 Å². The quantitative estimate of drug-likeness (QED) is 0.146. The van der Waals surface area contributed by atoms with Crippen LogP contribution in [0.15, 0.2) is 140 Å². The maximum atomic E-state index is 15.0. The Kier molecular flexibility index (Phi) is 9.26. The molecule has 3 aliphatic heterocycles. The van der Waals surface area contributed by atoms with E-state index in [1.807, 2.05) is 102 Å². The van der Waals surface area contributed by atoms with Crippen LogP contribution in [0.3, 0.4) is 0 Å². The highest BCUT2D eigenvalue weighted by Gasteiger charge is 2.74. The molecule has 2 saturated heterocycles. The zero-order valence-electron chi connectivity index (χ0n) is 28.7. The molecule has 0 aromatic heterocycles. The molecule has 0 bridgehead atoms. The van der Waals surface area contributed by atoms with Gasteiger partial charge in [0.2, 0.25) is 11.8 Å². The first-order valence-electron chi connectivity index (χ1n) is 17.8. The van der Waals surface area contributed by atoms with Crippen molar-refractivity contribution in [1.29, 1.82) is 0 Å². The predicted octanol–water partition coefficient (Wildman–Crippen LogP) is 5.18. The number of aliphatic hydroxyl groups is 2. The summed E-state index contributed by atoms with van der Waals surface area (Å²) in [4.78, 5) is 46.7. The monoisotopic (exact) mass is 709 g/mol. The van der Waals surface area contributed by atoms with E-state index >= 15 is 0 Å². The summed E-state index contributed by atoms with van der Waals surface area (Å²) in [6, 6.07) is 40.0. The number of rotatable bonds is 10. The van der Waals surface area contributed by atoms with Gasteiger partial charge < -0.3 is 30.3 Å². The summed E-state index contributed by atoms with van der Waals surface area (Å²) in [5, 5.41) is 26.5. The Labute approximate surface area is 307 Å². The number of ether oxygens (including phenoxy) is 2. The molecule has 3 heterocycles. The number of para-hydroxylation sites is 1. The van der Waals surface area contributed by atoms with Crippen LogP contribution in [0.2, 0.25) is 0 Å². The van der Waals surface area contributed by atoms with Crippen molar-refractivity contribution < 1.29 is 34.1 Å². The number of carbonyl (C=O) groups is 3. The first kappa shape index (κ1) is 34.3. The van der Waals surface area contributed by atoms with Gasteiger partial charge in [-0.3, -0.25) is 19.3 Å². The number of esters is 1. The number of hydrogen-bond donors (Lipinski definition) is 4. The Morgan fingerprint density at radius 2 is 1.42 bits per heavy atom. The van der Waals surface area contributed by atoms with E-state index < -0.39 is 59.5 Å². The van der Waals surface area contributed by atoms with E-state index in [0.717, 1.165) is 11.1 Å². The Morgan fingerprint density at radius 1 is 0.792 bits per heavy atom. The number of nitrogens with one attached hydrogen (secondary N) is 2. The highest BCUT2D eigenvalue weighted by Crippen LogP contribution is 2.64. The topological polar surface area (TPSA) is 137 Å². The summed E-state index contributed by atoms with van der Waals surface area (Å²) < 4.78 is 12.1. The van der Waals surface area contributed by atoms with Gasteiger partial charge in [-0.15, -0.1) is 0 Å². The Bertz CT molecular complexity index is 2100. The van der Waals surface area contributed by atoms with Gasteiger partial charge in [0.1, 0.15) is 29.9 Å². The molecule has 5 aromatic carbocycles. The smallest absolute Gasteiger partial charge is 0.324 e. The van der Waals surface area contributed by atoms with Crippen molar-refractivity contribution in [3.8, 4) is 5.75 Å². The number of anilines is 1.